The first-order chi connectivity index (χ1) is 10.6. The fourth-order valence-corrected chi connectivity index (χ4v) is 2.89. The van der Waals surface area contributed by atoms with Gasteiger partial charge in [0.1, 0.15) is 0 Å². The maximum absolute atomic E-state index is 11.4. The molecule has 0 bridgehead atoms. The first-order valence-electron chi connectivity index (χ1n) is 7.60. The highest BCUT2D eigenvalue weighted by molar-refractivity contribution is 5.93. The molecule has 0 spiro atoms. The molecular formula is C16H21N5O. The van der Waals surface area contributed by atoms with E-state index in [4.69, 9.17) is 5.73 Å². The molecule has 22 heavy (non-hydrogen) atoms. The number of hydrogen-bond acceptors (Lipinski definition) is 4. The Kier molecular flexibility index (Phi) is 4.20. The lowest BCUT2D eigenvalue weighted by Crippen LogP contribution is -2.30. The number of rotatable bonds is 5. The third-order valence-electron chi connectivity index (χ3n) is 4.16. The summed E-state index contributed by atoms with van der Waals surface area (Å²) in [6, 6.07) is 4.12. The van der Waals surface area contributed by atoms with E-state index >= 15 is 0 Å². The zero-order chi connectivity index (χ0) is 15.5. The van der Waals surface area contributed by atoms with Crippen molar-refractivity contribution in [2.24, 2.45) is 11.7 Å². The first kappa shape index (κ1) is 14.7. The van der Waals surface area contributed by atoms with Crippen LogP contribution >= 0.6 is 0 Å². The van der Waals surface area contributed by atoms with E-state index in [1.165, 1.54) is 5.56 Å². The summed E-state index contributed by atoms with van der Waals surface area (Å²) in [6.45, 7) is 4.54. The Labute approximate surface area is 129 Å². The van der Waals surface area contributed by atoms with E-state index in [0.29, 0.717) is 11.5 Å². The molecule has 0 saturated carbocycles. The van der Waals surface area contributed by atoms with Crippen molar-refractivity contribution < 1.29 is 4.79 Å². The number of carbonyl (C=O) groups is 1. The SMILES string of the molecule is Cc1ccc(CNC[C@@H]2CCn3ncc(C(N)=O)c3C2)nc1. The van der Waals surface area contributed by atoms with Crippen molar-refractivity contribution in [1.82, 2.24) is 20.1 Å². The molecule has 1 aliphatic rings. The Balaban J connectivity index is 1.55. The maximum Gasteiger partial charge on any atom is 0.252 e. The van der Waals surface area contributed by atoms with Gasteiger partial charge in [-0.15, -0.1) is 0 Å². The molecule has 2 aromatic rings. The molecule has 0 aliphatic carbocycles. The van der Waals surface area contributed by atoms with E-state index in [9.17, 15) is 4.79 Å². The Morgan fingerprint density at radius 3 is 3.05 bits per heavy atom. The zero-order valence-corrected chi connectivity index (χ0v) is 12.7. The molecule has 0 aromatic carbocycles. The van der Waals surface area contributed by atoms with Gasteiger partial charge < -0.3 is 11.1 Å². The lowest BCUT2D eigenvalue weighted by atomic mass is 9.94. The van der Waals surface area contributed by atoms with Gasteiger partial charge in [0.2, 0.25) is 0 Å². The van der Waals surface area contributed by atoms with Crippen molar-refractivity contribution in [2.45, 2.75) is 32.9 Å². The second kappa shape index (κ2) is 6.27. The second-order valence-electron chi connectivity index (χ2n) is 5.91. The van der Waals surface area contributed by atoms with Crippen molar-refractivity contribution in [3.63, 3.8) is 0 Å². The van der Waals surface area contributed by atoms with Gasteiger partial charge in [0, 0.05) is 19.3 Å². The van der Waals surface area contributed by atoms with E-state index in [1.54, 1.807) is 6.20 Å². The molecule has 3 heterocycles. The predicted molar refractivity (Wildman–Crippen MR) is 83.2 cm³/mol. The van der Waals surface area contributed by atoms with Crippen molar-refractivity contribution >= 4 is 5.91 Å². The van der Waals surface area contributed by atoms with Crippen LogP contribution < -0.4 is 11.1 Å². The minimum absolute atomic E-state index is 0.390. The van der Waals surface area contributed by atoms with Crippen LogP contribution in [-0.2, 0) is 19.5 Å². The van der Waals surface area contributed by atoms with Gasteiger partial charge in [0.25, 0.3) is 5.91 Å². The summed E-state index contributed by atoms with van der Waals surface area (Å²) in [6.07, 6.45) is 5.37. The quantitative estimate of drug-likeness (QED) is 0.863. The van der Waals surface area contributed by atoms with Gasteiger partial charge >= 0.3 is 0 Å². The summed E-state index contributed by atoms with van der Waals surface area (Å²) in [5.41, 5.74) is 9.15. The van der Waals surface area contributed by atoms with Crippen LogP contribution in [0.25, 0.3) is 0 Å². The number of primary amides is 1. The molecule has 0 fully saturated rings. The van der Waals surface area contributed by atoms with Crippen LogP contribution in [-0.4, -0.2) is 27.2 Å². The van der Waals surface area contributed by atoms with E-state index in [2.05, 4.69) is 21.5 Å². The molecular weight excluding hydrogens is 278 g/mol. The maximum atomic E-state index is 11.4. The number of nitrogens with one attached hydrogen (secondary N) is 1. The number of hydrogen-bond donors (Lipinski definition) is 2. The number of aromatic nitrogens is 3. The number of aryl methyl sites for hydroxylation is 2. The van der Waals surface area contributed by atoms with Crippen LogP contribution in [0.15, 0.2) is 24.5 Å². The van der Waals surface area contributed by atoms with E-state index in [0.717, 1.165) is 43.9 Å². The summed E-state index contributed by atoms with van der Waals surface area (Å²) >= 11 is 0. The molecule has 1 atom stereocenters. The molecule has 0 unspecified atom stereocenters. The molecule has 116 valence electrons. The summed E-state index contributed by atoms with van der Waals surface area (Å²) < 4.78 is 1.90. The number of amides is 1. The molecule has 0 radical (unpaired) electrons. The number of pyridine rings is 1. The van der Waals surface area contributed by atoms with E-state index < -0.39 is 5.91 Å². The summed E-state index contributed by atoms with van der Waals surface area (Å²) in [5.74, 6) is 0.103. The lowest BCUT2D eigenvalue weighted by Gasteiger charge is -2.24. The van der Waals surface area contributed by atoms with E-state index in [1.807, 2.05) is 23.9 Å². The normalized spacial score (nSPS) is 17.2. The Hall–Kier alpha value is -2.21. The molecule has 3 N–H and O–H groups in total. The van der Waals surface area contributed by atoms with Crippen molar-refractivity contribution in [3.05, 3.63) is 47.0 Å². The van der Waals surface area contributed by atoms with Crippen LogP contribution in [0, 0.1) is 12.8 Å². The topological polar surface area (TPSA) is 85.8 Å². The number of nitrogens with two attached hydrogens (primary N) is 1. The largest absolute Gasteiger partial charge is 0.365 e. The predicted octanol–water partition coefficient (Wildman–Crippen LogP) is 1.04. The smallest absolute Gasteiger partial charge is 0.252 e. The summed E-state index contributed by atoms with van der Waals surface area (Å²) in [4.78, 5) is 15.8. The Morgan fingerprint density at radius 2 is 2.32 bits per heavy atom. The Morgan fingerprint density at radius 1 is 1.45 bits per heavy atom. The lowest BCUT2D eigenvalue weighted by molar-refractivity contribution is 0.0998. The fourth-order valence-electron chi connectivity index (χ4n) is 2.89. The van der Waals surface area contributed by atoms with Gasteiger partial charge in [-0.05, 0) is 43.9 Å². The van der Waals surface area contributed by atoms with Gasteiger partial charge in [0.15, 0.2) is 0 Å². The molecule has 3 rings (SSSR count). The van der Waals surface area contributed by atoms with E-state index in [-0.39, 0.29) is 0 Å². The average Bonchev–Trinajstić information content (AvgIpc) is 2.92. The van der Waals surface area contributed by atoms with Gasteiger partial charge in [-0.3, -0.25) is 14.5 Å². The van der Waals surface area contributed by atoms with Gasteiger partial charge in [-0.1, -0.05) is 6.07 Å². The fraction of sp³-hybridized carbons (Fsp3) is 0.438. The molecule has 1 amide bonds. The van der Waals surface area contributed by atoms with Crippen LogP contribution in [0.5, 0.6) is 0 Å². The molecule has 6 nitrogen and oxygen atoms in total. The standard InChI is InChI=1S/C16H21N5O/c1-11-2-3-13(19-7-11)9-18-8-12-4-5-21-15(6-12)14(10-20-21)16(17)22/h2-3,7,10,12,18H,4-6,8-9H2,1H3,(H2,17,22)/t12-/m1/s1. The van der Waals surface area contributed by atoms with Crippen molar-refractivity contribution in [2.75, 3.05) is 6.54 Å². The molecule has 0 saturated heterocycles. The van der Waals surface area contributed by atoms with Gasteiger partial charge in [0.05, 0.1) is 23.1 Å². The number of nitrogens with zero attached hydrogens (tertiary/aromatic N) is 3. The third kappa shape index (κ3) is 3.17. The highest BCUT2D eigenvalue weighted by atomic mass is 16.1. The van der Waals surface area contributed by atoms with Crippen LogP contribution in [0.4, 0.5) is 0 Å². The highest BCUT2D eigenvalue weighted by Crippen LogP contribution is 2.22. The van der Waals surface area contributed by atoms with Gasteiger partial charge in [-0.25, -0.2) is 0 Å². The molecule has 1 aliphatic heterocycles. The molecule has 2 aromatic heterocycles. The van der Waals surface area contributed by atoms with Crippen LogP contribution in [0.3, 0.4) is 0 Å². The number of fused-ring (bicyclic) bond motifs is 1. The van der Waals surface area contributed by atoms with Crippen LogP contribution in [0.2, 0.25) is 0 Å². The first-order valence-corrected chi connectivity index (χ1v) is 7.60. The van der Waals surface area contributed by atoms with Crippen molar-refractivity contribution in [3.8, 4) is 0 Å². The highest BCUT2D eigenvalue weighted by Gasteiger charge is 2.23. The summed E-state index contributed by atoms with van der Waals surface area (Å²) in [7, 11) is 0. The third-order valence-corrected chi connectivity index (χ3v) is 4.16. The summed E-state index contributed by atoms with van der Waals surface area (Å²) in [5, 5.41) is 7.69. The molecule has 6 heteroatoms. The number of carbonyl (C=O) groups excluding carboxylic acids is 1. The minimum Gasteiger partial charge on any atom is -0.365 e. The Bertz CT molecular complexity index is 662. The van der Waals surface area contributed by atoms with Crippen molar-refractivity contribution in [1.29, 1.82) is 0 Å². The zero-order valence-electron chi connectivity index (χ0n) is 12.7. The second-order valence-corrected chi connectivity index (χ2v) is 5.91. The monoisotopic (exact) mass is 299 g/mol. The minimum atomic E-state index is -0.390. The van der Waals surface area contributed by atoms with Crippen LogP contribution in [0.1, 0.15) is 33.7 Å². The van der Waals surface area contributed by atoms with Gasteiger partial charge in [-0.2, -0.15) is 5.10 Å². The average molecular weight is 299 g/mol.